The van der Waals surface area contributed by atoms with Crippen LogP contribution in [0.2, 0.25) is 0 Å². The summed E-state index contributed by atoms with van der Waals surface area (Å²) >= 11 is 0. The summed E-state index contributed by atoms with van der Waals surface area (Å²) in [5, 5.41) is 10.7. The van der Waals surface area contributed by atoms with Gasteiger partial charge in [0.2, 0.25) is 0 Å². The summed E-state index contributed by atoms with van der Waals surface area (Å²) in [4.78, 5) is 73.1. The molecule has 0 bridgehead atoms. The lowest BCUT2D eigenvalue weighted by Crippen LogP contribution is -2.30. The van der Waals surface area contributed by atoms with Crippen molar-refractivity contribution in [1.82, 2.24) is 0 Å². The minimum Gasteiger partial charge on any atom is -0.462 e. The first-order valence-electron chi connectivity index (χ1n) is 43.9. The average molecular weight is 1520 g/mol. The van der Waals surface area contributed by atoms with E-state index in [1.807, 2.05) is 0 Å². The number of rotatable bonds is 83. The Morgan fingerprint density at radius 1 is 0.279 bits per heavy atom. The summed E-state index contributed by atoms with van der Waals surface area (Å²) in [7, 11) is -9.93. The molecule has 0 saturated carbocycles. The monoisotopic (exact) mass is 1520 g/mol. The molecule has 0 heterocycles. The number of carbonyl (C=O) groups excluding carboxylic acids is 4. The van der Waals surface area contributed by atoms with Crippen molar-refractivity contribution >= 4 is 39.5 Å². The van der Waals surface area contributed by atoms with Gasteiger partial charge in [0.25, 0.3) is 0 Å². The van der Waals surface area contributed by atoms with Gasteiger partial charge in [0.05, 0.1) is 26.4 Å². The molecule has 104 heavy (non-hydrogen) atoms. The topological polar surface area (TPSA) is 237 Å². The summed E-state index contributed by atoms with van der Waals surface area (Å²) in [5.74, 6) is 0.249. The fraction of sp³-hybridized carbons (Fsp3) is 0.953. The zero-order chi connectivity index (χ0) is 76.5. The quantitative estimate of drug-likeness (QED) is 0.0222. The first-order valence-corrected chi connectivity index (χ1v) is 46.9. The maximum absolute atomic E-state index is 13.1. The number of phosphoric acid groups is 2. The number of aliphatic hydroxyl groups is 1. The molecule has 0 amide bonds. The van der Waals surface area contributed by atoms with Crippen molar-refractivity contribution < 1.29 is 80.2 Å². The number of hydrogen-bond acceptors (Lipinski definition) is 15. The molecule has 0 aromatic rings. The highest BCUT2D eigenvalue weighted by Gasteiger charge is 2.30. The van der Waals surface area contributed by atoms with Crippen LogP contribution < -0.4 is 0 Å². The second-order valence-electron chi connectivity index (χ2n) is 31.5. The molecule has 0 aromatic carbocycles. The molecule has 0 radical (unpaired) electrons. The summed E-state index contributed by atoms with van der Waals surface area (Å²) in [5.41, 5.74) is 0. The molecular weight excluding hydrogens is 1350 g/mol. The van der Waals surface area contributed by atoms with Crippen LogP contribution in [-0.2, 0) is 65.4 Å². The molecule has 19 heteroatoms. The number of esters is 4. The predicted octanol–water partition coefficient (Wildman–Crippen LogP) is 25.7. The molecule has 0 saturated heterocycles. The van der Waals surface area contributed by atoms with E-state index in [2.05, 4.69) is 48.5 Å². The van der Waals surface area contributed by atoms with E-state index in [1.165, 1.54) is 250 Å². The van der Waals surface area contributed by atoms with E-state index in [9.17, 15) is 43.2 Å². The number of phosphoric ester groups is 2. The minimum atomic E-state index is -4.97. The third kappa shape index (κ3) is 75.5. The SMILES string of the molecule is CCCCCCCCCCCCCCCCCCCCCCCCC(=O)O[C@H](COC(=O)CCCCCCCCCCCCCCCCC(C)CC)COP(=O)(O)OC[C@@H](O)COP(=O)(O)OC[C@@H](COC(=O)CCCCCCCCCC(C)C)OC(=O)CCCCCCCCCCCCC(C)CC. The van der Waals surface area contributed by atoms with Crippen molar-refractivity contribution in [3.63, 3.8) is 0 Å². The van der Waals surface area contributed by atoms with Crippen LogP contribution in [0.4, 0.5) is 0 Å². The second-order valence-corrected chi connectivity index (χ2v) is 34.4. The Hall–Kier alpha value is -1.94. The Morgan fingerprint density at radius 2 is 0.490 bits per heavy atom. The van der Waals surface area contributed by atoms with Gasteiger partial charge in [-0.15, -0.1) is 0 Å². The lowest BCUT2D eigenvalue weighted by Gasteiger charge is -2.21. The molecule has 4 unspecified atom stereocenters. The van der Waals surface area contributed by atoms with Gasteiger partial charge in [-0.25, -0.2) is 9.13 Å². The fourth-order valence-corrected chi connectivity index (χ4v) is 14.7. The molecule has 17 nitrogen and oxygen atoms in total. The molecule has 3 N–H and O–H groups in total. The zero-order valence-corrected chi connectivity index (χ0v) is 70.3. The third-order valence-corrected chi connectivity index (χ3v) is 22.5. The molecule has 7 atom stereocenters. The Balaban J connectivity index is 5.22. The van der Waals surface area contributed by atoms with Crippen LogP contribution in [-0.4, -0.2) is 96.7 Å². The average Bonchev–Trinajstić information content (AvgIpc) is 0.909. The minimum absolute atomic E-state index is 0.106. The number of carbonyl (C=O) groups is 4. The molecule has 0 fully saturated rings. The highest BCUT2D eigenvalue weighted by atomic mass is 31.2. The van der Waals surface area contributed by atoms with E-state index in [0.717, 1.165) is 108 Å². The maximum Gasteiger partial charge on any atom is 0.472 e. The summed E-state index contributed by atoms with van der Waals surface area (Å²) < 4.78 is 68.8. The Morgan fingerprint density at radius 3 is 0.731 bits per heavy atom. The Bertz CT molecular complexity index is 2010. The van der Waals surface area contributed by atoms with Gasteiger partial charge in [-0.2, -0.15) is 0 Å². The van der Waals surface area contributed by atoms with Gasteiger partial charge < -0.3 is 33.8 Å². The molecule has 0 aliphatic rings. The van der Waals surface area contributed by atoms with E-state index in [4.69, 9.17) is 37.0 Å². The van der Waals surface area contributed by atoms with Crippen molar-refractivity contribution in [3.05, 3.63) is 0 Å². The van der Waals surface area contributed by atoms with Crippen molar-refractivity contribution in [1.29, 1.82) is 0 Å². The van der Waals surface area contributed by atoms with Crippen LogP contribution in [0.25, 0.3) is 0 Å². The first kappa shape index (κ1) is 102. The van der Waals surface area contributed by atoms with E-state index < -0.39 is 97.5 Å². The molecule has 0 rings (SSSR count). The normalized spacial score (nSPS) is 14.4. The van der Waals surface area contributed by atoms with Gasteiger partial charge in [-0.1, -0.05) is 395 Å². The zero-order valence-electron chi connectivity index (χ0n) is 68.5. The van der Waals surface area contributed by atoms with Crippen LogP contribution in [0, 0.1) is 17.8 Å². The van der Waals surface area contributed by atoms with Crippen LogP contribution in [0.15, 0.2) is 0 Å². The number of aliphatic hydroxyl groups excluding tert-OH is 1. The second kappa shape index (κ2) is 75.1. The van der Waals surface area contributed by atoms with Crippen LogP contribution in [0.1, 0.15) is 447 Å². The number of ether oxygens (including phenoxy) is 4. The van der Waals surface area contributed by atoms with Gasteiger partial charge in [-0.3, -0.25) is 37.3 Å². The van der Waals surface area contributed by atoms with Gasteiger partial charge in [0.1, 0.15) is 19.3 Å². The fourth-order valence-electron chi connectivity index (χ4n) is 13.1. The van der Waals surface area contributed by atoms with E-state index in [0.29, 0.717) is 31.6 Å². The number of hydrogen-bond donors (Lipinski definition) is 3. The van der Waals surface area contributed by atoms with E-state index >= 15 is 0 Å². The molecule has 0 spiro atoms. The molecule has 0 aliphatic carbocycles. The van der Waals surface area contributed by atoms with Gasteiger partial charge in [-0.05, 0) is 43.4 Å². The highest BCUT2D eigenvalue weighted by molar-refractivity contribution is 7.47. The Labute approximate surface area is 638 Å². The molecule has 0 aromatic heterocycles. The lowest BCUT2D eigenvalue weighted by molar-refractivity contribution is -0.161. The molecule has 0 aliphatic heterocycles. The van der Waals surface area contributed by atoms with Crippen molar-refractivity contribution in [2.24, 2.45) is 17.8 Å². The summed E-state index contributed by atoms with van der Waals surface area (Å²) in [6, 6.07) is 0. The highest BCUT2D eigenvalue weighted by Crippen LogP contribution is 2.45. The summed E-state index contributed by atoms with van der Waals surface area (Å²) in [6.45, 7) is 12.0. The van der Waals surface area contributed by atoms with E-state index in [1.54, 1.807) is 0 Å². The Kier molecular flexibility index (Phi) is 73.7. The van der Waals surface area contributed by atoms with Crippen LogP contribution in [0.3, 0.4) is 0 Å². The lowest BCUT2D eigenvalue weighted by atomic mass is 9.99. The van der Waals surface area contributed by atoms with Gasteiger partial charge in [0, 0.05) is 25.7 Å². The van der Waals surface area contributed by atoms with E-state index in [-0.39, 0.29) is 25.7 Å². The van der Waals surface area contributed by atoms with Gasteiger partial charge >= 0.3 is 39.5 Å². The molecular formula is C85H166O17P2. The van der Waals surface area contributed by atoms with Crippen molar-refractivity contribution in [2.75, 3.05) is 39.6 Å². The maximum atomic E-state index is 13.1. The van der Waals surface area contributed by atoms with Crippen molar-refractivity contribution in [3.8, 4) is 0 Å². The predicted molar refractivity (Wildman–Crippen MR) is 428 cm³/mol. The standard InChI is InChI=1S/C85H166O17P2/c1-8-11-12-13-14-15-16-17-18-19-20-21-22-23-24-25-30-33-39-46-54-61-68-84(89)101-80(72-95-82(87)66-59-52-45-38-32-29-27-26-28-31-36-43-50-57-64-77(6)9-2)74-99-103(91,92)97-70-79(86)71-98-104(93,94)100-75-81(73-96-83(88)67-60-53-48-41-42-49-56-63-76(4)5)102-85(90)69-62-55-47-40-35-34-37-44-51-58-65-78(7)10-3/h76-81,86H,8-75H2,1-7H3,(H,91,92)(H,93,94)/t77?,78?,79-,80-,81-/m1/s1. The van der Waals surface area contributed by atoms with Crippen LogP contribution in [0.5, 0.6) is 0 Å². The van der Waals surface area contributed by atoms with Crippen molar-refractivity contribution in [2.45, 2.75) is 465 Å². The molecule has 618 valence electrons. The largest absolute Gasteiger partial charge is 0.472 e. The van der Waals surface area contributed by atoms with Gasteiger partial charge in [0.15, 0.2) is 12.2 Å². The smallest absolute Gasteiger partial charge is 0.462 e. The first-order chi connectivity index (χ1) is 50.3. The number of unbranched alkanes of at least 4 members (excludes halogenated alkanes) is 49. The summed E-state index contributed by atoms with van der Waals surface area (Å²) in [6.07, 6.45) is 65.3. The van der Waals surface area contributed by atoms with Crippen LogP contribution >= 0.6 is 15.6 Å². The third-order valence-electron chi connectivity index (χ3n) is 20.6.